The van der Waals surface area contributed by atoms with Gasteiger partial charge < -0.3 is 19.4 Å². The van der Waals surface area contributed by atoms with Crippen LogP contribution < -0.4 is 9.47 Å². The summed E-state index contributed by atoms with van der Waals surface area (Å²) in [6.07, 6.45) is 0.677. The number of benzene rings is 1. The Kier molecular flexibility index (Phi) is 3.97. The predicted molar refractivity (Wildman–Crippen MR) is 91.8 cm³/mol. The second-order valence-corrected chi connectivity index (χ2v) is 5.96. The van der Waals surface area contributed by atoms with Crippen LogP contribution in [0, 0.1) is 0 Å². The van der Waals surface area contributed by atoms with Gasteiger partial charge >= 0.3 is 0 Å². The molecule has 0 aliphatic carbocycles. The third kappa shape index (κ3) is 3.13. The maximum absolute atomic E-state index is 12.7. The smallest absolute Gasteiger partial charge is 0.270 e. The minimum absolute atomic E-state index is 0.0110. The van der Waals surface area contributed by atoms with E-state index in [-0.39, 0.29) is 12.0 Å². The summed E-state index contributed by atoms with van der Waals surface area (Å²) in [6.45, 7) is 1.18. The van der Waals surface area contributed by atoms with Gasteiger partial charge in [-0.15, -0.1) is 10.2 Å². The average molecular weight is 338 g/mol. The molecule has 3 heterocycles. The highest BCUT2D eigenvalue weighted by Crippen LogP contribution is 2.21. The molecule has 1 amide bonds. The van der Waals surface area contributed by atoms with Gasteiger partial charge in [0.25, 0.3) is 5.91 Å². The van der Waals surface area contributed by atoms with Crippen molar-refractivity contribution in [3.8, 4) is 11.8 Å². The summed E-state index contributed by atoms with van der Waals surface area (Å²) in [5, 5.41) is 8.88. The summed E-state index contributed by atoms with van der Waals surface area (Å²) in [5.41, 5.74) is 1.57. The number of amides is 1. The van der Waals surface area contributed by atoms with Crippen molar-refractivity contribution >= 4 is 16.8 Å². The summed E-state index contributed by atoms with van der Waals surface area (Å²) < 4.78 is 10.8. The largest absolute Gasteiger partial charge is 0.480 e. The number of aromatic nitrogens is 3. The van der Waals surface area contributed by atoms with E-state index in [4.69, 9.17) is 9.47 Å². The summed E-state index contributed by atoms with van der Waals surface area (Å²) in [7, 11) is 1.54. The summed E-state index contributed by atoms with van der Waals surface area (Å²) in [4.78, 5) is 17.7. The van der Waals surface area contributed by atoms with E-state index in [0.717, 1.165) is 17.3 Å². The third-order valence-corrected chi connectivity index (χ3v) is 4.30. The second kappa shape index (κ2) is 6.43. The minimum Gasteiger partial charge on any atom is -0.480 e. The van der Waals surface area contributed by atoms with Crippen molar-refractivity contribution in [2.75, 3.05) is 20.2 Å². The van der Waals surface area contributed by atoms with Gasteiger partial charge in [-0.1, -0.05) is 18.2 Å². The number of nitrogens with one attached hydrogen (secondary N) is 1. The van der Waals surface area contributed by atoms with Crippen molar-refractivity contribution in [3.05, 3.63) is 48.2 Å². The Labute approximate surface area is 144 Å². The van der Waals surface area contributed by atoms with Crippen molar-refractivity contribution < 1.29 is 14.3 Å². The van der Waals surface area contributed by atoms with E-state index in [1.165, 1.54) is 7.11 Å². The van der Waals surface area contributed by atoms with Crippen LogP contribution in [-0.4, -0.2) is 52.3 Å². The molecule has 4 rings (SSSR count). The number of likely N-dealkylation sites (tertiary alicyclic amines) is 1. The highest BCUT2D eigenvalue weighted by atomic mass is 16.5. The Morgan fingerprint density at radius 1 is 1.20 bits per heavy atom. The van der Waals surface area contributed by atoms with Gasteiger partial charge in [0.15, 0.2) is 0 Å². The van der Waals surface area contributed by atoms with Gasteiger partial charge in [-0.3, -0.25) is 4.79 Å². The number of rotatable bonds is 4. The Hall–Kier alpha value is -3.09. The van der Waals surface area contributed by atoms with E-state index in [1.54, 1.807) is 17.0 Å². The van der Waals surface area contributed by atoms with Crippen molar-refractivity contribution in [3.63, 3.8) is 0 Å². The Bertz CT molecular complexity index is 858. The van der Waals surface area contributed by atoms with Crippen LogP contribution in [0.2, 0.25) is 0 Å². The molecule has 3 aromatic rings. The molecular formula is C18H18N4O3. The molecule has 0 saturated carbocycles. The standard InChI is InChI=1S/C18H18N4O3/c1-24-16-6-7-17(21-20-16)25-13-8-9-22(11-13)18(23)15-10-12-4-2-3-5-14(12)19-15/h2-7,10,13,19H,8-9,11H2,1H3/t13-/m1/s1. The van der Waals surface area contributed by atoms with Crippen LogP contribution in [0.25, 0.3) is 10.9 Å². The molecule has 25 heavy (non-hydrogen) atoms. The normalized spacial score (nSPS) is 17.0. The van der Waals surface area contributed by atoms with Crippen molar-refractivity contribution in [2.45, 2.75) is 12.5 Å². The van der Waals surface area contributed by atoms with Gasteiger partial charge in [-0.25, -0.2) is 0 Å². The lowest BCUT2D eigenvalue weighted by Gasteiger charge is -2.16. The Morgan fingerprint density at radius 3 is 2.76 bits per heavy atom. The molecule has 1 atom stereocenters. The fourth-order valence-corrected chi connectivity index (χ4v) is 3.02. The van der Waals surface area contributed by atoms with E-state index < -0.39 is 0 Å². The Morgan fingerprint density at radius 2 is 2.00 bits per heavy atom. The molecule has 1 aliphatic heterocycles. The van der Waals surface area contributed by atoms with Gasteiger partial charge in [0.05, 0.1) is 13.7 Å². The zero-order valence-corrected chi connectivity index (χ0v) is 13.8. The number of carbonyl (C=O) groups excluding carboxylic acids is 1. The lowest BCUT2D eigenvalue weighted by molar-refractivity contribution is 0.0766. The van der Waals surface area contributed by atoms with Crippen LogP contribution in [-0.2, 0) is 0 Å². The number of hydrogen-bond acceptors (Lipinski definition) is 5. The van der Waals surface area contributed by atoms with E-state index in [2.05, 4.69) is 15.2 Å². The monoisotopic (exact) mass is 338 g/mol. The maximum Gasteiger partial charge on any atom is 0.270 e. The van der Waals surface area contributed by atoms with Crippen LogP contribution in [0.4, 0.5) is 0 Å². The lowest BCUT2D eigenvalue weighted by atomic mass is 10.2. The van der Waals surface area contributed by atoms with Crippen LogP contribution in [0.3, 0.4) is 0 Å². The van der Waals surface area contributed by atoms with Crippen LogP contribution in [0.1, 0.15) is 16.9 Å². The summed E-state index contributed by atoms with van der Waals surface area (Å²) in [6, 6.07) is 13.2. The van der Waals surface area contributed by atoms with Crippen LogP contribution in [0.15, 0.2) is 42.5 Å². The number of ether oxygens (including phenoxy) is 2. The van der Waals surface area contributed by atoms with Crippen molar-refractivity contribution in [2.24, 2.45) is 0 Å². The van der Waals surface area contributed by atoms with E-state index >= 15 is 0 Å². The number of carbonyl (C=O) groups is 1. The fourth-order valence-electron chi connectivity index (χ4n) is 3.02. The third-order valence-electron chi connectivity index (χ3n) is 4.30. The minimum atomic E-state index is -0.0870. The highest BCUT2D eigenvalue weighted by molar-refractivity contribution is 5.98. The van der Waals surface area contributed by atoms with E-state index in [0.29, 0.717) is 30.5 Å². The number of H-pyrrole nitrogens is 1. The highest BCUT2D eigenvalue weighted by Gasteiger charge is 2.29. The first-order valence-electron chi connectivity index (χ1n) is 8.14. The SMILES string of the molecule is COc1ccc(O[C@@H]2CCN(C(=O)c3cc4ccccc4[nH]3)C2)nn1. The summed E-state index contributed by atoms with van der Waals surface area (Å²) >= 11 is 0. The molecule has 0 unspecified atom stereocenters. The summed E-state index contributed by atoms with van der Waals surface area (Å²) in [5.74, 6) is 0.864. The topological polar surface area (TPSA) is 80.3 Å². The number of fused-ring (bicyclic) bond motifs is 1. The molecule has 128 valence electrons. The molecule has 7 nitrogen and oxygen atoms in total. The first-order chi connectivity index (χ1) is 12.2. The van der Waals surface area contributed by atoms with E-state index in [9.17, 15) is 4.79 Å². The van der Waals surface area contributed by atoms with Gasteiger partial charge in [-0.2, -0.15) is 0 Å². The van der Waals surface area contributed by atoms with Crippen molar-refractivity contribution in [1.29, 1.82) is 0 Å². The van der Waals surface area contributed by atoms with Gasteiger partial charge in [-0.05, 0) is 12.1 Å². The van der Waals surface area contributed by atoms with Crippen LogP contribution in [0.5, 0.6) is 11.8 Å². The Balaban J connectivity index is 1.41. The van der Waals surface area contributed by atoms with Gasteiger partial charge in [0.1, 0.15) is 11.8 Å². The molecule has 1 N–H and O–H groups in total. The number of hydrogen-bond donors (Lipinski definition) is 1. The molecule has 1 aliphatic rings. The van der Waals surface area contributed by atoms with Crippen LogP contribution >= 0.6 is 0 Å². The van der Waals surface area contributed by atoms with Gasteiger partial charge in [0.2, 0.25) is 11.8 Å². The molecule has 0 spiro atoms. The first-order valence-corrected chi connectivity index (χ1v) is 8.14. The molecule has 1 aromatic carbocycles. The van der Waals surface area contributed by atoms with Crippen molar-refractivity contribution in [1.82, 2.24) is 20.1 Å². The number of aromatic amines is 1. The number of nitrogens with zero attached hydrogens (tertiary/aromatic N) is 3. The lowest BCUT2D eigenvalue weighted by Crippen LogP contribution is -2.31. The average Bonchev–Trinajstić information content (AvgIpc) is 3.28. The molecule has 1 saturated heterocycles. The van der Waals surface area contributed by atoms with Gasteiger partial charge in [0, 0.05) is 36.0 Å². The fraction of sp³-hybridized carbons (Fsp3) is 0.278. The number of methoxy groups -OCH3 is 1. The first kappa shape index (κ1) is 15.4. The van der Waals surface area contributed by atoms with E-state index in [1.807, 2.05) is 30.3 Å². The zero-order chi connectivity index (χ0) is 17.2. The predicted octanol–water partition coefficient (Wildman–Crippen LogP) is 2.26. The quantitative estimate of drug-likeness (QED) is 0.789. The molecular weight excluding hydrogens is 320 g/mol. The zero-order valence-electron chi connectivity index (χ0n) is 13.8. The molecule has 0 radical (unpaired) electrons. The maximum atomic E-state index is 12.7. The number of para-hydroxylation sites is 1. The molecule has 2 aromatic heterocycles. The second-order valence-electron chi connectivity index (χ2n) is 5.96. The molecule has 1 fully saturated rings. The molecule has 7 heteroatoms. The molecule has 0 bridgehead atoms.